The second-order valence-corrected chi connectivity index (χ2v) is 6.49. The molecule has 134 valence electrons. The van der Waals surface area contributed by atoms with Crippen LogP contribution in [-0.2, 0) is 0 Å². The van der Waals surface area contributed by atoms with E-state index in [2.05, 4.69) is 0 Å². The summed E-state index contributed by atoms with van der Waals surface area (Å²) < 4.78 is 5.15. The minimum absolute atomic E-state index is 0.201. The van der Waals surface area contributed by atoms with Gasteiger partial charge < -0.3 is 19.3 Å². The number of furan rings is 1. The van der Waals surface area contributed by atoms with Crippen molar-refractivity contribution < 1.29 is 19.1 Å². The number of nitrogens with zero attached hydrogens (tertiary/aromatic N) is 2. The average molecular weight is 344 g/mol. The summed E-state index contributed by atoms with van der Waals surface area (Å²) in [5, 5.41) is 10.0. The standard InChI is InChI=1S/C19H24N2O4/c1-5-21(13-19(2,3)24)17(22)14-9-6-7-10-15(14)20(4)18(23)16-11-8-12-25-16/h6-12,24H,5,13H2,1-4H3. The summed E-state index contributed by atoms with van der Waals surface area (Å²) in [5.41, 5.74) is -0.115. The minimum atomic E-state index is -1.00. The number of amides is 2. The van der Waals surface area contributed by atoms with Crippen LogP contribution >= 0.6 is 0 Å². The first kappa shape index (κ1) is 18.7. The third kappa shape index (κ3) is 4.48. The van der Waals surface area contributed by atoms with E-state index in [1.54, 1.807) is 62.2 Å². The van der Waals surface area contributed by atoms with Crippen molar-refractivity contribution in [3.63, 3.8) is 0 Å². The number of likely N-dealkylation sites (N-methyl/N-ethyl adjacent to an activating group) is 1. The van der Waals surface area contributed by atoms with Gasteiger partial charge in [-0.2, -0.15) is 0 Å². The maximum Gasteiger partial charge on any atom is 0.293 e. The van der Waals surface area contributed by atoms with Crippen LogP contribution in [0.4, 0.5) is 5.69 Å². The molecule has 1 N–H and O–H groups in total. The molecule has 0 bridgehead atoms. The average Bonchev–Trinajstić information content (AvgIpc) is 3.11. The molecule has 0 aliphatic heterocycles. The second kappa shape index (κ2) is 7.53. The van der Waals surface area contributed by atoms with E-state index in [1.807, 2.05) is 6.92 Å². The fraction of sp³-hybridized carbons (Fsp3) is 0.368. The maximum absolute atomic E-state index is 12.9. The van der Waals surface area contributed by atoms with Crippen molar-refractivity contribution in [2.45, 2.75) is 26.4 Å². The number of hydrogen-bond donors (Lipinski definition) is 1. The fourth-order valence-corrected chi connectivity index (χ4v) is 2.59. The molecule has 0 spiro atoms. The minimum Gasteiger partial charge on any atom is -0.459 e. The van der Waals surface area contributed by atoms with Gasteiger partial charge in [-0.1, -0.05) is 12.1 Å². The Balaban J connectivity index is 2.33. The van der Waals surface area contributed by atoms with E-state index < -0.39 is 5.60 Å². The monoisotopic (exact) mass is 344 g/mol. The Kier molecular flexibility index (Phi) is 5.64. The van der Waals surface area contributed by atoms with Gasteiger partial charge in [0, 0.05) is 20.1 Å². The number of para-hydroxylation sites is 1. The molecule has 0 aliphatic rings. The molecule has 0 fully saturated rings. The van der Waals surface area contributed by atoms with E-state index in [1.165, 1.54) is 11.2 Å². The van der Waals surface area contributed by atoms with Crippen LogP contribution in [0.15, 0.2) is 47.1 Å². The van der Waals surface area contributed by atoms with Crippen molar-refractivity contribution in [2.75, 3.05) is 25.0 Å². The van der Waals surface area contributed by atoms with Gasteiger partial charge in [0.25, 0.3) is 11.8 Å². The number of carbonyl (C=O) groups excluding carboxylic acids is 2. The molecule has 2 rings (SSSR count). The maximum atomic E-state index is 12.9. The van der Waals surface area contributed by atoms with Gasteiger partial charge in [-0.15, -0.1) is 0 Å². The lowest BCUT2D eigenvalue weighted by atomic mass is 10.1. The molecule has 0 atom stereocenters. The molecule has 2 aromatic rings. The lowest BCUT2D eigenvalue weighted by molar-refractivity contribution is 0.0315. The highest BCUT2D eigenvalue weighted by Gasteiger charge is 2.26. The van der Waals surface area contributed by atoms with Crippen LogP contribution in [0.1, 0.15) is 41.7 Å². The summed E-state index contributed by atoms with van der Waals surface area (Å²) in [4.78, 5) is 28.4. The molecule has 1 heterocycles. The number of benzene rings is 1. The van der Waals surface area contributed by atoms with Crippen LogP contribution in [0.3, 0.4) is 0 Å². The Labute approximate surface area is 147 Å². The van der Waals surface area contributed by atoms with E-state index in [0.29, 0.717) is 17.8 Å². The zero-order chi connectivity index (χ0) is 18.6. The van der Waals surface area contributed by atoms with Gasteiger partial charge in [-0.3, -0.25) is 9.59 Å². The van der Waals surface area contributed by atoms with Gasteiger partial charge in [0.1, 0.15) is 0 Å². The van der Waals surface area contributed by atoms with Crippen LogP contribution in [0.25, 0.3) is 0 Å². The molecule has 25 heavy (non-hydrogen) atoms. The summed E-state index contributed by atoms with van der Waals surface area (Å²) in [5.74, 6) is -0.372. The molecule has 0 unspecified atom stereocenters. The first-order chi connectivity index (χ1) is 11.7. The smallest absolute Gasteiger partial charge is 0.293 e. The molecule has 2 amide bonds. The number of hydrogen-bond acceptors (Lipinski definition) is 4. The first-order valence-corrected chi connectivity index (χ1v) is 8.17. The van der Waals surface area contributed by atoms with Crippen LogP contribution in [0, 0.1) is 0 Å². The SMILES string of the molecule is CCN(CC(C)(C)O)C(=O)c1ccccc1N(C)C(=O)c1ccco1. The molecule has 1 aromatic heterocycles. The quantitative estimate of drug-likeness (QED) is 0.874. The number of carbonyl (C=O) groups is 2. The third-order valence-electron chi connectivity index (χ3n) is 3.78. The van der Waals surface area contributed by atoms with Crippen molar-refractivity contribution in [3.05, 3.63) is 54.0 Å². The van der Waals surface area contributed by atoms with Crippen molar-refractivity contribution in [1.29, 1.82) is 0 Å². The lowest BCUT2D eigenvalue weighted by Gasteiger charge is -2.29. The molecular formula is C19H24N2O4. The first-order valence-electron chi connectivity index (χ1n) is 8.17. The Morgan fingerprint density at radius 3 is 2.36 bits per heavy atom. The zero-order valence-electron chi connectivity index (χ0n) is 15.0. The molecule has 0 saturated heterocycles. The van der Waals surface area contributed by atoms with E-state index in [-0.39, 0.29) is 24.1 Å². The molecule has 0 radical (unpaired) electrons. The highest BCUT2D eigenvalue weighted by molar-refractivity contribution is 6.09. The Morgan fingerprint density at radius 2 is 1.80 bits per heavy atom. The van der Waals surface area contributed by atoms with Gasteiger partial charge in [0.05, 0.1) is 23.1 Å². The van der Waals surface area contributed by atoms with Crippen LogP contribution in [0.5, 0.6) is 0 Å². The summed E-state index contributed by atoms with van der Waals surface area (Å²) >= 11 is 0. The summed E-state index contributed by atoms with van der Waals surface area (Å²) in [7, 11) is 1.60. The largest absolute Gasteiger partial charge is 0.459 e. The summed E-state index contributed by atoms with van der Waals surface area (Å²) in [6.45, 7) is 5.81. The second-order valence-electron chi connectivity index (χ2n) is 6.49. The Bertz CT molecular complexity index is 732. The normalized spacial score (nSPS) is 11.2. The van der Waals surface area contributed by atoms with Gasteiger partial charge in [-0.05, 0) is 45.0 Å². The van der Waals surface area contributed by atoms with E-state index >= 15 is 0 Å². The molecule has 0 aliphatic carbocycles. The van der Waals surface area contributed by atoms with E-state index in [9.17, 15) is 14.7 Å². The third-order valence-corrected chi connectivity index (χ3v) is 3.78. The Morgan fingerprint density at radius 1 is 1.12 bits per heavy atom. The molecular weight excluding hydrogens is 320 g/mol. The number of aliphatic hydroxyl groups is 1. The fourth-order valence-electron chi connectivity index (χ4n) is 2.59. The highest BCUT2D eigenvalue weighted by Crippen LogP contribution is 2.23. The van der Waals surface area contributed by atoms with Crippen LogP contribution < -0.4 is 4.90 Å². The summed E-state index contributed by atoms with van der Waals surface area (Å²) in [6, 6.07) is 10.1. The predicted molar refractivity (Wildman–Crippen MR) is 95.8 cm³/mol. The van der Waals surface area contributed by atoms with Crippen molar-refractivity contribution in [3.8, 4) is 0 Å². The van der Waals surface area contributed by atoms with Gasteiger partial charge >= 0.3 is 0 Å². The van der Waals surface area contributed by atoms with Gasteiger partial charge in [0.2, 0.25) is 0 Å². The van der Waals surface area contributed by atoms with Crippen LogP contribution in [0.2, 0.25) is 0 Å². The zero-order valence-corrected chi connectivity index (χ0v) is 15.0. The molecule has 1 aromatic carbocycles. The lowest BCUT2D eigenvalue weighted by Crippen LogP contribution is -2.42. The topological polar surface area (TPSA) is 74.0 Å². The van der Waals surface area contributed by atoms with Crippen LogP contribution in [-0.4, -0.2) is 47.6 Å². The molecule has 0 saturated carbocycles. The van der Waals surface area contributed by atoms with E-state index in [4.69, 9.17) is 4.42 Å². The molecule has 6 heteroatoms. The Hall–Kier alpha value is -2.60. The number of anilines is 1. The molecule has 6 nitrogen and oxygen atoms in total. The van der Waals surface area contributed by atoms with Crippen molar-refractivity contribution >= 4 is 17.5 Å². The summed E-state index contributed by atoms with van der Waals surface area (Å²) in [6.07, 6.45) is 1.43. The van der Waals surface area contributed by atoms with E-state index in [0.717, 1.165) is 0 Å². The van der Waals surface area contributed by atoms with Crippen molar-refractivity contribution in [1.82, 2.24) is 4.90 Å². The van der Waals surface area contributed by atoms with Crippen molar-refractivity contribution in [2.24, 2.45) is 0 Å². The number of rotatable bonds is 6. The predicted octanol–water partition coefficient (Wildman–Crippen LogP) is 2.79. The van der Waals surface area contributed by atoms with Gasteiger partial charge in [-0.25, -0.2) is 0 Å². The van der Waals surface area contributed by atoms with Gasteiger partial charge in [0.15, 0.2) is 5.76 Å². The highest BCUT2D eigenvalue weighted by atomic mass is 16.3.